The van der Waals surface area contributed by atoms with E-state index in [1.807, 2.05) is 48.5 Å². The van der Waals surface area contributed by atoms with Crippen LogP contribution in [0, 0.1) is 5.92 Å². The Labute approximate surface area is 226 Å². The monoisotopic (exact) mass is 522 g/mol. The Hall–Kier alpha value is -4.53. The van der Waals surface area contributed by atoms with Crippen LogP contribution in [-0.4, -0.2) is 49.8 Å². The highest BCUT2D eigenvalue weighted by Gasteiger charge is 2.51. The van der Waals surface area contributed by atoms with Crippen molar-refractivity contribution in [3.63, 3.8) is 0 Å². The number of fused-ring (bicyclic) bond motifs is 1. The fourth-order valence-corrected chi connectivity index (χ4v) is 5.86. The summed E-state index contributed by atoms with van der Waals surface area (Å²) in [6.45, 7) is 1.23. The first kappa shape index (κ1) is 24.8. The maximum Gasteiger partial charge on any atom is 0.325 e. The molecule has 6 rings (SSSR count). The quantitative estimate of drug-likeness (QED) is 0.512. The van der Waals surface area contributed by atoms with Crippen molar-refractivity contribution in [2.75, 3.05) is 6.54 Å². The number of nitrogens with zero attached hydrogens (tertiary/aromatic N) is 5. The Morgan fingerprint density at radius 3 is 2.51 bits per heavy atom. The molecule has 2 fully saturated rings. The van der Waals surface area contributed by atoms with Crippen molar-refractivity contribution in [1.82, 2.24) is 25.0 Å². The molecule has 9 nitrogen and oxygen atoms in total. The minimum atomic E-state index is -1.29. The number of aryl methyl sites for hydroxylation is 1. The van der Waals surface area contributed by atoms with Gasteiger partial charge in [-0.3, -0.25) is 19.2 Å². The van der Waals surface area contributed by atoms with E-state index in [0.29, 0.717) is 5.56 Å². The molecule has 2 aliphatic heterocycles. The summed E-state index contributed by atoms with van der Waals surface area (Å²) in [5.41, 5.74) is 3.36. The highest BCUT2D eigenvalue weighted by Crippen LogP contribution is 2.44. The smallest absolute Gasteiger partial charge is 0.319 e. The maximum absolute atomic E-state index is 13.8. The first-order valence-corrected chi connectivity index (χ1v) is 13.2. The first-order valence-electron chi connectivity index (χ1n) is 13.2. The zero-order valence-electron chi connectivity index (χ0n) is 21.9. The Balaban J connectivity index is 1.32. The van der Waals surface area contributed by atoms with Gasteiger partial charge in [0.2, 0.25) is 0 Å². The Morgan fingerprint density at radius 1 is 1.10 bits per heavy atom. The van der Waals surface area contributed by atoms with Crippen LogP contribution in [0.4, 0.5) is 4.79 Å². The lowest BCUT2D eigenvalue weighted by molar-refractivity contribution is -0.140. The molecule has 3 atom stereocenters. The van der Waals surface area contributed by atoms with Crippen LogP contribution in [0.25, 0.3) is 6.08 Å². The summed E-state index contributed by atoms with van der Waals surface area (Å²) >= 11 is 0. The largest absolute Gasteiger partial charge is 0.325 e. The molecule has 9 heteroatoms. The second-order valence-electron chi connectivity index (χ2n) is 10.5. The predicted molar refractivity (Wildman–Crippen MR) is 146 cm³/mol. The lowest BCUT2D eigenvalue weighted by Crippen LogP contribution is -2.44. The number of carbonyl (C=O) groups excluding carboxylic acids is 3. The molecule has 39 heavy (non-hydrogen) atoms. The number of carbonyl (C=O) groups is 3. The van der Waals surface area contributed by atoms with Crippen molar-refractivity contribution in [3.05, 3.63) is 95.3 Å². The molecule has 2 aromatic carbocycles. The molecule has 1 aliphatic carbocycles. The number of amides is 4. The van der Waals surface area contributed by atoms with Gasteiger partial charge in [-0.1, -0.05) is 60.7 Å². The SMILES string of the molecule is Cn1cc(C2(C)NC(=O)N(CC(=O)N3N=C4/C(=C\c5ccccc5)CCCC4C3c3ccccc3)C2=O)cn1. The van der Waals surface area contributed by atoms with E-state index in [0.717, 1.165) is 46.6 Å². The number of hydrogen-bond acceptors (Lipinski definition) is 5. The van der Waals surface area contributed by atoms with Gasteiger partial charge in [0.15, 0.2) is 0 Å². The van der Waals surface area contributed by atoms with Crippen LogP contribution in [0.2, 0.25) is 0 Å². The summed E-state index contributed by atoms with van der Waals surface area (Å²) in [7, 11) is 1.74. The summed E-state index contributed by atoms with van der Waals surface area (Å²) in [5, 5.41) is 13.3. The lowest BCUT2D eigenvalue weighted by Gasteiger charge is -2.30. The van der Waals surface area contributed by atoms with Crippen molar-refractivity contribution in [2.45, 2.75) is 37.8 Å². The minimum absolute atomic E-state index is 0.0313. The molecule has 4 amide bonds. The van der Waals surface area contributed by atoms with E-state index in [4.69, 9.17) is 5.10 Å². The molecule has 0 radical (unpaired) electrons. The van der Waals surface area contributed by atoms with Crippen LogP contribution in [-0.2, 0) is 22.2 Å². The third kappa shape index (κ3) is 4.33. The van der Waals surface area contributed by atoms with E-state index in [9.17, 15) is 14.4 Å². The van der Waals surface area contributed by atoms with Gasteiger partial charge in [-0.2, -0.15) is 10.2 Å². The lowest BCUT2D eigenvalue weighted by atomic mass is 9.77. The van der Waals surface area contributed by atoms with Gasteiger partial charge >= 0.3 is 6.03 Å². The van der Waals surface area contributed by atoms with Crippen molar-refractivity contribution in [2.24, 2.45) is 18.1 Å². The van der Waals surface area contributed by atoms with Crippen LogP contribution in [0.1, 0.15) is 48.9 Å². The molecule has 3 aliphatic rings. The van der Waals surface area contributed by atoms with Gasteiger partial charge in [0.05, 0.1) is 18.0 Å². The average Bonchev–Trinajstić information content (AvgIpc) is 3.62. The summed E-state index contributed by atoms with van der Waals surface area (Å²) in [4.78, 5) is 41.2. The second-order valence-corrected chi connectivity index (χ2v) is 10.5. The van der Waals surface area contributed by atoms with E-state index in [2.05, 4.69) is 28.6 Å². The number of imide groups is 1. The van der Waals surface area contributed by atoms with Crippen LogP contribution in [0.3, 0.4) is 0 Å². The number of hydrogen-bond donors (Lipinski definition) is 1. The summed E-state index contributed by atoms with van der Waals surface area (Å²) in [5.74, 6) is -0.855. The average molecular weight is 523 g/mol. The highest BCUT2D eigenvalue weighted by molar-refractivity contribution is 6.10. The number of allylic oxidation sites excluding steroid dienone is 1. The van der Waals surface area contributed by atoms with Gasteiger partial charge in [-0.25, -0.2) is 9.80 Å². The number of nitrogens with one attached hydrogen (secondary N) is 1. The van der Waals surface area contributed by atoms with E-state index >= 15 is 0 Å². The van der Waals surface area contributed by atoms with E-state index < -0.39 is 29.9 Å². The van der Waals surface area contributed by atoms with Gasteiger partial charge in [-0.05, 0) is 49.0 Å². The normalized spacial score (nSPS) is 25.6. The standard InChI is InChI=1S/C30H30N6O3/c1-30(23-17-31-34(2)18-23)28(38)35(29(39)32-30)19-25(37)36-27(21-12-7-4-8-13-21)24-15-9-14-22(26(24)33-36)16-20-10-5-3-6-11-20/h3-8,10-13,16-18,24,27H,9,14-15,19H2,1-2H3,(H,32,39)/b22-16-. The molecule has 0 spiro atoms. The number of urea groups is 1. The predicted octanol–water partition coefficient (Wildman–Crippen LogP) is 4.01. The number of benzene rings is 2. The Morgan fingerprint density at radius 2 is 1.82 bits per heavy atom. The van der Waals surface area contributed by atoms with Gasteiger partial charge in [0, 0.05) is 24.7 Å². The number of hydrazone groups is 1. The fourth-order valence-electron chi connectivity index (χ4n) is 5.86. The Bertz CT molecular complexity index is 1500. The third-order valence-electron chi connectivity index (χ3n) is 7.89. The van der Waals surface area contributed by atoms with E-state index in [1.165, 1.54) is 5.01 Å². The van der Waals surface area contributed by atoms with Gasteiger partial charge in [0.25, 0.3) is 11.8 Å². The second kappa shape index (κ2) is 9.65. The molecule has 1 saturated carbocycles. The van der Waals surface area contributed by atoms with Crippen molar-refractivity contribution < 1.29 is 14.4 Å². The molecular weight excluding hydrogens is 492 g/mol. The molecule has 1 N–H and O–H groups in total. The number of aromatic nitrogens is 2. The van der Waals surface area contributed by atoms with Crippen LogP contribution in [0.5, 0.6) is 0 Å². The van der Waals surface area contributed by atoms with Crippen LogP contribution >= 0.6 is 0 Å². The van der Waals surface area contributed by atoms with Crippen molar-refractivity contribution in [1.29, 1.82) is 0 Å². The molecule has 3 aromatic rings. The van der Waals surface area contributed by atoms with Gasteiger partial charge in [0.1, 0.15) is 12.1 Å². The van der Waals surface area contributed by atoms with Gasteiger partial charge in [-0.15, -0.1) is 0 Å². The van der Waals surface area contributed by atoms with Gasteiger partial charge < -0.3 is 5.32 Å². The van der Waals surface area contributed by atoms with Crippen LogP contribution < -0.4 is 5.32 Å². The van der Waals surface area contributed by atoms with E-state index in [1.54, 1.807) is 31.0 Å². The van der Waals surface area contributed by atoms with E-state index in [-0.39, 0.29) is 12.0 Å². The zero-order valence-corrected chi connectivity index (χ0v) is 21.9. The van der Waals surface area contributed by atoms with Crippen molar-refractivity contribution in [3.8, 4) is 0 Å². The first-order chi connectivity index (χ1) is 18.8. The van der Waals surface area contributed by atoms with Crippen LogP contribution in [0.15, 0.2) is 83.7 Å². The minimum Gasteiger partial charge on any atom is -0.319 e. The molecule has 3 unspecified atom stereocenters. The Kier molecular flexibility index (Phi) is 6.13. The topological polar surface area (TPSA) is 99.9 Å². The summed E-state index contributed by atoms with van der Waals surface area (Å²) in [6.07, 6.45) is 8.15. The number of rotatable bonds is 5. The molecule has 1 saturated heterocycles. The fraction of sp³-hybridized carbons (Fsp3) is 0.300. The third-order valence-corrected chi connectivity index (χ3v) is 7.89. The molecular formula is C30H30N6O3. The molecule has 198 valence electrons. The van der Waals surface area contributed by atoms with Crippen molar-refractivity contribution >= 4 is 29.6 Å². The molecule has 3 heterocycles. The summed E-state index contributed by atoms with van der Waals surface area (Å²) < 4.78 is 1.57. The zero-order chi connectivity index (χ0) is 27.1. The highest BCUT2D eigenvalue weighted by atomic mass is 16.2. The maximum atomic E-state index is 13.8. The summed E-state index contributed by atoms with van der Waals surface area (Å²) in [6, 6.07) is 19.1. The molecule has 1 aromatic heterocycles. The molecule has 0 bridgehead atoms.